The molecule has 10 heavy (non-hydrogen) atoms. The molecule has 0 aliphatic heterocycles. The fourth-order valence-electron chi connectivity index (χ4n) is 0.607. The molecule has 1 aromatic heterocycles. The first-order valence-electron chi connectivity index (χ1n) is 2.76. The summed E-state index contributed by atoms with van der Waals surface area (Å²) in [6.45, 7) is 1.85. The molecule has 1 radical (unpaired) electrons. The molecule has 0 N–H and O–H groups in total. The predicted molar refractivity (Wildman–Crippen MR) is 35.3 cm³/mol. The molecule has 0 bridgehead atoms. The third kappa shape index (κ3) is 2.03. The molecule has 51 valence electrons. The third-order valence-corrected chi connectivity index (χ3v) is 1.35. The first-order valence-corrected chi connectivity index (χ1v) is 2.76. The van der Waals surface area contributed by atoms with E-state index in [1.807, 2.05) is 6.92 Å². The second-order valence-electron chi connectivity index (χ2n) is 1.96. The largest absolute Gasteiger partial charge is 0.349 e. The Morgan fingerprint density at radius 1 is 1.60 bits per heavy atom. The van der Waals surface area contributed by atoms with E-state index in [-0.39, 0.29) is 38.3 Å². The Morgan fingerprint density at radius 3 is 2.60 bits per heavy atom. The minimum Gasteiger partial charge on any atom is -0.349 e. The third-order valence-electron chi connectivity index (χ3n) is 1.35. The molecule has 0 unspecified atom stereocenters. The molecule has 0 spiro atoms. The van der Waals surface area contributed by atoms with Crippen LogP contribution in [0.25, 0.3) is 0 Å². The molecular weight excluding hydrogens is 203 g/mol. The summed E-state index contributed by atoms with van der Waals surface area (Å²) in [7, 11) is 1.73. The molecule has 1 heterocycles. The smallest absolute Gasteiger partial charge is 0.167 e. The van der Waals surface area contributed by atoms with E-state index in [1.54, 1.807) is 17.7 Å². The predicted octanol–water partition coefficient (Wildman–Crippen LogP) is 0.491. The van der Waals surface area contributed by atoms with Crippen LogP contribution in [0.1, 0.15) is 5.69 Å². The quantitative estimate of drug-likeness (QED) is 0.572. The molecule has 0 aliphatic rings. The SMILES string of the molecule is Cc1[c-]ccc(=O)n1C.[Y]. The molecule has 0 atom stereocenters. The normalized spacial score (nSPS) is 8.60. The van der Waals surface area contributed by atoms with Gasteiger partial charge in [0, 0.05) is 39.8 Å². The molecule has 1 aromatic rings. The maximum absolute atomic E-state index is 10.8. The second kappa shape index (κ2) is 4.04. The van der Waals surface area contributed by atoms with Gasteiger partial charge in [0.2, 0.25) is 0 Å². The molecule has 0 aliphatic carbocycles. The number of aryl methyl sites for hydroxylation is 1. The van der Waals surface area contributed by atoms with Crippen LogP contribution in [0.15, 0.2) is 16.9 Å². The summed E-state index contributed by atoms with van der Waals surface area (Å²) < 4.78 is 1.56. The summed E-state index contributed by atoms with van der Waals surface area (Å²) in [6, 6.07) is 6.03. The molecule has 3 heteroatoms. The van der Waals surface area contributed by atoms with Crippen molar-refractivity contribution in [3.63, 3.8) is 0 Å². The summed E-state index contributed by atoms with van der Waals surface area (Å²) >= 11 is 0. The summed E-state index contributed by atoms with van der Waals surface area (Å²) in [4.78, 5) is 10.8. The van der Waals surface area contributed by atoms with Crippen molar-refractivity contribution in [2.45, 2.75) is 6.92 Å². The number of aromatic nitrogens is 1. The van der Waals surface area contributed by atoms with Crippen LogP contribution in [0.4, 0.5) is 0 Å². The summed E-state index contributed by atoms with van der Waals surface area (Å²) in [6.07, 6.45) is 0. The van der Waals surface area contributed by atoms with Crippen molar-refractivity contribution < 1.29 is 32.7 Å². The van der Waals surface area contributed by atoms with Gasteiger partial charge < -0.3 is 4.57 Å². The van der Waals surface area contributed by atoms with Gasteiger partial charge in [0.15, 0.2) is 5.56 Å². The molecule has 1 rings (SSSR count). The van der Waals surface area contributed by atoms with Crippen LogP contribution in [0.5, 0.6) is 0 Å². The van der Waals surface area contributed by atoms with Crippen molar-refractivity contribution in [1.82, 2.24) is 4.57 Å². The number of rotatable bonds is 0. The molecule has 0 fully saturated rings. The first-order chi connectivity index (χ1) is 4.22. The van der Waals surface area contributed by atoms with Crippen LogP contribution >= 0.6 is 0 Å². The van der Waals surface area contributed by atoms with Gasteiger partial charge in [-0.1, -0.05) is 5.69 Å². The van der Waals surface area contributed by atoms with Crippen LogP contribution < -0.4 is 5.56 Å². The molecule has 0 aromatic carbocycles. The molecule has 0 saturated heterocycles. The Kier molecular flexibility index (Phi) is 4.06. The van der Waals surface area contributed by atoms with E-state index in [2.05, 4.69) is 6.07 Å². The van der Waals surface area contributed by atoms with Crippen molar-refractivity contribution >= 4 is 0 Å². The molecule has 0 amide bonds. The summed E-state index contributed by atoms with van der Waals surface area (Å²) in [5.41, 5.74) is 0.883. The van der Waals surface area contributed by atoms with Crippen molar-refractivity contribution in [3.8, 4) is 0 Å². The fraction of sp³-hybridized carbons (Fsp3) is 0.286. The average Bonchev–Trinajstić information content (AvgIpc) is 1.83. The zero-order valence-electron chi connectivity index (χ0n) is 6.09. The van der Waals surface area contributed by atoms with E-state index in [4.69, 9.17) is 0 Å². The zero-order valence-corrected chi connectivity index (χ0v) is 8.93. The maximum Gasteiger partial charge on any atom is 0.167 e. The Morgan fingerprint density at radius 2 is 2.20 bits per heavy atom. The van der Waals surface area contributed by atoms with Gasteiger partial charge in [0.1, 0.15) is 0 Å². The van der Waals surface area contributed by atoms with Gasteiger partial charge in [0.25, 0.3) is 0 Å². The Bertz CT molecular complexity index is 267. The van der Waals surface area contributed by atoms with Gasteiger partial charge in [-0.2, -0.15) is 0 Å². The summed E-state index contributed by atoms with van der Waals surface area (Å²) in [5.74, 6) is 0. The minimum absolute atomic E-state index is 0. The van der Waals surface area contributed by atoms with Gasteiger partial charge in [-0.3, -0.25) is 4.79 Å². The topological polar surface area (TPSA) is 22.0 Å². The maximum atomic E-state index is 10.8. The Hall–Kier alpha value is 0.0539. The number of hydrogen-bond donors (Lipinski definition) is 0. The standard InChI is InChI=1S/C7H8NO.Y/c1-6-4-3-5-7(9)8(6)2;/h3,5H,1-2H3;/q-1;. The van der Waals surface area contributed by atoms with E-state index < -0.39 is 0 Å². The number of nitrogens with zero attached hydrogens (tertiary/aromatic N) is 1. The van der Waals surface area contributed by atoms with E-state index in [0.29, 0.717) is 0 Å². The Labute approximate surface area is 85.1 Å². The second-order valence-corrected chi connectivity index (χ2v) is 1.96. The van der Waals surface area contributed by atoms with Gasteiger partial charge in [-0.25, -0.2) is 12.1 Å². The molecule has 0 saturated carbocycles. The van der Waals surface area contributed by atoms with Crippen molar-refractivity contribution in [2.24, 2.45) is 7.05 Å². The first kappa shape index (κ1) is 10.1. The van der Waals surface area contributed by atoms with Crippen LogP contribution in [0.2, 0.25) is 0 Å². The molecule has 2 nitrogen and oxygen atoms in total. The van der Waals surface area contributed by atoms with E-state index in [9.17, 15) is 4.79 Å². The zero-order chi connectivity index (χ0) is 6.85. The monoisotopic (exact) mass is 211 g/mol. The van der Waals surface area contributed by atoms with Crippen molar-refractivity contribution in [1.29, 1.82) is 0 Å². The van der Waals surface area contributed by atoms with Gasteiger partial charge >= 0.3 is 0 Å². The van der Waals surface area contributed by atoms with Gasteiger partial charge in [0.05, 0.1) is 0 Å². The van der Waals surface area contributed by atoms with Crippen LogP contribution in [-0.4, -0.2) is 4.57 Å². The average molecular weight is 211 g/mol. The van der Waals surface area contributed by atoms with E-state index in [0.717, 1.165) is 5.69 Å². The van der Waals surface area contributed by atoms with Crippen molar-refractivity contribution in [3.05, 3.63) is 34.2 Å². The van der Waals surface area contributed by atoms with Crippen LogP contribution in [0.3, 0.4) is 0 Å². The fourth-order valence-corrected chi connectivity index (χ4v) is 0.607. The van der Waals surface area contributed by atoms with Gasteiger partial charge in [-0.15, -0.1) is 6.07 Å². The van der Waals surface area contributed by atoms with Crippen LogP contribution in [0, 0.1) is 13.0 Å². The number of hydrogen-bond acceptors (Lipinski definition) is 1. The van der Waals surface area contributed by atoms with E-state index >= 15 is 0 Å². The minimum atomic E-state index is 0. The molecular formula is C7H8NOY-. The number of pyridine rings is 1. The van der Waals surface area contributed by atoms with E-state index in [1.165, 1.54) is 6.07 Å². The van der Waals surface area contributed by atoms with Crippen molar-refractivity contribution in [2.75, 3.05) is 0 Å². The van der Waals surface area contributed by atoms with Crippen LogP contribution in [-0.2, 0) is 39.8 Å². The summed E-state index contributed by atoms with van der Waals surface area (Å²) in [5, 5.41) is 0. The Balaban J connectivity index is 0.000000810. The van der Waals surface area contributed by atoms with Gasteiger partial charge in [-0.05, 0) is 6.92 Å².